The smallest absolute Gasteiger partial charge is 0.133 e. The summed E-state index contributed by atoms with van der Waals surface area (Å²) in [5.41, 5.74) is 0.792. The Hall–Kier alpha value is -1.31. The normalized spacial score (nSPS) is 10.5. The molecule has 0 spiro atoms. The van der Waals surface area contributed by atoms with E-state index in [0.717, 1.165) is 5.52 Å². The third kappa shape index (κ3) is 0.620. The molecule has 2 rings (SSSR count). The second-order valence-corrected chi connectivity index (χ2v) is 2.11. The van der Waals surface area contributed by atoms with Gasteiger partial charge in [-0.15, -0.1) is 0 Å². The van der Waals surface area contributed by atoms with Crippen LogP contribution in [-0.2, 0) is 0 Å². The van der Waals surface area contributed by atoms with Gasteiger partial charge in [0.05, 0.1) is 0 Å². The number of aromatic amines is 1. The third-order valence-electron chi connectivity index (χ3n) is 1.47. The molecule has 0 amide bonds. The number of hydrogen-bond acceptors (Lipinski definition) is 0. The Bertz CT molecular complexity index is 351. The number of fused-ring (bicyclic) bond motifs is 1. The molecule has 10 heavy (non-hydrogen) atoms. The number of benzene rings is 1. The van der Waals surface area contributed by atoms with E-state index in [9.17, 15) is 4.39 Å². The zero-order valence-corrected chi connectivity index (χ0v) is 5.19. The second-order valence-electron chi connectivity index (χ2n) is 2.11. The van der Waals surface area contributed by atoms with Crippen LogP contribution in [0.2, 0.25) is 0 Å². The molecule has 0 fully saturated rings. The summed E-state index contributed by atoms with van der Waals surface area (Å²) >= 11 is 0. The maximum Gasteiger partial charge on any atom is 0.133 e. The standard InChI is InChI=1S/C8H5FN/c9-7-2-1-3-8-6(7)4-5-10-8/h2-5,10H. The summed E-state index contributed by atoms with van der Waals surface area (Å²) in [5, 5.41) is 0.624. The summed E-state index contributed by atoms with van der Waals surface area (Å²) in [4.78, 5) is 2.89. The van der Waals surface area contributed by atoms with Gasteiger partial charge in [-0.25, -0.2) is 4.39 Å². The van der Waals surface area contributed by atoms with Crippen LogP contribution in [0.4, 0.5) is 4.39 Å². The molecule has 1 aromatic heterocycles. The predicted molar refractivity (Wildman–Crippen MR) is 37.1 cm³/mol. The van der Waals surface area contributed by atoms with Crippen molar-refractivity contribution in [1.29, 1.82) is 0 Å². The average molecular weight is 134 g/mol. The molecule has 0 atom stereocenters. The SMILES string of the molecule is Fc1c[c]cc2[nH]ccc12. The van der Waals surface area contributed by atoms with Crippen LogP contribution in [0.25, 0.3) is 10.9 Å². The molecule has 49 valence electrons. The van der Waals surface area contributed by atoms with Gasteiger partial charge in [0, 0.05) is 17.1 Å². The largest absolute Gasteiger partial charge is 0.361 e. The van der Waals surface area contributed by atoms with Crippen molar-refractivity contribution in [3.63, 3.8) is 0 Å². The molecule has 1 heterocycles. The Kier molecular flexibility index (Phi) is 1.01. The molecule has 2 aromatic rings. The van der Waals surface area contributed by atoms with Gasteiger partial charge >= 0.3 is 0 Å². The van der Waals surface area contributed by atoms with Gasteiger partial charge in [-0.1, -0.05) is 0 Å². The lowest BCUT2D eigenvalue weighted by molar-refractivity contribution is 0.640. The molecule has 1 nitrogen and oxygen atoms in total. The summed E-state index contributed by atoms with van der Waals surface area (Å²) in [6.07, 6.45) is 1.71. The van der Waals surface area contributed by atoms with Crippen LogP contribution >= 0.6 is 0 Å². The Morgan fingerprint density at radius 3 is 3.10 bits per heavy atom. The first kappa shape index (κ1) is 5.47. The Balaban J connectivity index is 2.95. The molecule has 0 bridgehead atoms. The van der Waals surface area contributed by atoms with E-state index in [-0.39, 0.29) is 5.82 Å². The molecular weight excluding hydrogens is 129 g/mol. The summed E-state index contributed by atoms with van der Waals surface area (Å²) < 4.78 is 12.8. The molecule has 1 N–H and O–H groups in total. The lowest BCUT2D eigenvalue weighted by Gasteiger charge is -1.88. The van der Waals surface area contributed by atoms with Gasteiger partial charge in [-0.2, -0.15) is 0 Å². The predicted octanol–water partition coefficient (Wildman–Crippen LogP) is 2.11. The third-order valence-corrected chi connectivity index (χ3v) is 1.47. The summed E-state index contributed by atoms with van der Waals surface area (Å²) in [5.74, 6) is -0.223. The summed E-state index contributed by atoms with van der Waals surface area (Å²) in [7, 11) is 0. The lowest BCUT2D eigenvalue weighted by atomic mass is 10.2. The van der Waals surface area contributed by atoms with Gasteiger partial charge in [0.15, 0.2) is 0 Å². The highest BCUT2D eigenvalue weighted by atomic mass is 19.1. The van der Waals surface area contributed by atoms with Gasteiger partial charge in [0.25, 0.3) is 0 Å². The van der Waals surface area contributed by atoms with Gasteiger partial charge < -0.3 is 4.98 Å². The zero-order chi connectivity index (χ0) is 6.97. The highest BCUT2D eigenvalue weighted by molar-refractivity contribution is 5.79. The van der Waals surface area contributed by atoms with Crippen LogP contribution in [0.15, 0.2) is 24.4 Å². The molecule has 0 unspecified atom stereocenters. The van der Waals surface area contributed by atoms with Crippen molar-refractivity contribution in [2.75, 3.05) is 0 Å². The van der Waals surface area contributed by atoms with E-state index in [4.69, 9.17) is 0 Å². The van der Waals surface area contributed by atoms with E-state index in [1.807, 2.05) is 0 Å². The fraction of sp³-hybridized carbons (Fsp3) is 0. The first-order valence-electron chi connectivity index (χ1n) is 3.00. The van der Waals surface area contributed by atoms with Crippen LogP contribution in [0, 0.1) is 11.9 Å². The van der Waals surface area contributed by atoms with Crippen molar-refractivity contribution in [3.05, 3.63) is 36.3 Å². The minimum Gasteiger partial charge on any atom is -0.361 e. The maximum absolute atomic E-state index is 12.8. The Morgan fingerprint density at radius 2 is 2.30 bits per heavy atom. The first-order valence-corrected chi connectivity index (χ1v) is 3.00. The second kappa shape index (κ2) is 1.84. The molecule has 1 radical (unpaired) electrons. The van der Waals surface area contributed by atoms with Crippen molar-refractivity contribution in [3.8, 4) is 0 Å². The monoisotopic (exact) mass is 134 g/mol. The topological polar surface area (TPSA) is 15.8 Å². The van der Waals surface area contributed by atoms with Crippen molar-refractivity contribution in [2.24, 2.45) is 0 Å². The van der Waals surface area contributed by atoms with Crippen molar-refractivity contribution < 1.29 is 4.39 Å². The van der Waals surface area contributed by atoms with Gasteiger partial charge in [0.2, 0.25) is 0 Å². The molecular formula is C8H5FN. The van der Waals surface area contributed by atoms with Crippen LogP contribution in [-0.4, -0.2) is 4.98 Å². The average Bonchev–Trinajstić information content (AvgIpc) is 2.36. The highest BCUT2D eigenvalue weighted by Gasteiger charge is 1.97. The van der Waals surface area contributed by atoms with Crippen molar-refractivity contribution >= 4 is 10.9 Å². The lowest BCUT2D eigenvalue weighted by Crippen LogP contribution is -1.72. The number of halogens is 1. The first-order chi connectivity index (χ1) is 4.88. The van der Waals surface area contributed by atoms with Crippen LogP contribution in [0.3, 0.4) is 0 Å². The molecule has 0 saturated carbocycles. The maximum atomic E-state index is 12.8. The van der Waals surface area contributed by atoms with E-state index in [1.54, 1.807) is 18.3 Å². The highest BCUT2D eigenvalue weighted by Crippen LogP contribution is 2.14. The number of nitrogens with one attached hydrogen (secondary N) is 1. The van der Waals surface area contributed by atoms with Crippen LogP contribution in [0.1, 0.15) is 0 Å². The quantitative estimate of drug-likeness (QED) is 0.568. The molecule has 1 aromatic carbocycles. The fourth-order valence-corrected chi connectivity index (χ4v) is 0.986. The Morgan fingerprint density at radius 1 is 1.40 bits per heavy atom. The Labute approximate surface area is 57.5 Å². The van der Waals surface area contributed by atoms with E-state index in [0.29, 0.717) is 5.39 Å². The molecule has 2 heteroatoms. The molecule has 0 aliphatic heterocycles. The summed E-state index contributed by atoms with van der Waals surface area (Å²) in [6.45, 7) is 0. The van der Waals surface area contributed by atoms with E-state index >= 15 is 0 Å². The molecule has 0 aliphatic rings. The number of H-pyrrole nitrogens is 1. The van der Waals surface area contributed by atoms with Crippen molar-refractivity contribution in [2.45, 2.75) is 0 Å². The van der Waals surface area contributed by atoms with Crippen LogP contribution in [0.5, 0.6) is 0 Å². The van der Waals surface area contributed by atoms with Crippen molar-refractivity contribution in [1.82, 2.24) is 4.98 Å². The number of aromatic nitrogens is 1. The zero-order valence-electron chi connectivity index (χ0n) is 5.19. The fourth-order valence-electron chi connectivity index (χ4n) is 0.986. The minimum absolute atomic E-state index is 0.223. The van der Waals surface area contributed by atoms with Crippen LogP contribution < -0.4 is 0 Å². The minimum atomic E-state index is -0.223. The van der Waals surface area contributed by atoms with Gasteiger partial charge in [-0.05, 0) is 24.3 Å². The summed E-state index contributed by atoms with van der Waals surface area (Å²) in [6, 6.07) is 7.44. The molecule has 0 saturated heterocycles. The van der Waals surface area contributed by atoms with Gasteiger partial charge in [-0.3, -0.25) is 0 Å². The van der Waals surface area contributed by atoms with E-state index < -0.39 is 0 Å². The number of rotatable bonds is 0. The van der Waals surface area contributed by atoms with E-state index in [1.165, 1.54) is 6.07 Å². The van der Waals surface area contributed by atoms with Gasteiger partial charge in [0.1, 0.15) is 5.82 Å². The number of hydrogen-bond donors (Lipinski definition) is 1. The van der Waals surface area contributed by atoms with E-state index in [2.05, 4.69) is 11.1 Å². The molecule has 0 aliphatic carbocycles.